The molecule has 0 radical (unpaired) electrons. The number of ether oxygens (including phenoxy) is 1. The van der Waals surface area contributed by atoms with Gasteiger partial charge in [0.05, 0.1) is 33.8 Å². The Kier molecular flexibility index (Phi) is 54.2. The smallest absolute Gasteiger partial charge is 0.306 e. The molecule has 0 aliphatic heterocycles. The molecule has 0 saturated heterocycles. The van der Waals surface area contributed by atoms with E-state index in [1.54, 1.807) is 0 Å². The van der Waals surface area contributed by atoms with Crippen molar-refractivity contribution in [3.8, 4) is 0 Å². The van der Waals surface area contributed by atoms with E-state index in [2.05, 4.69) is 50.4 Å². The lowest BCUT2D eigenvalue weighted by Gasteiger charge is -2.30. The number of quaternary nitrogens is 1. The van der Waals surface area contributed by atoms with E-state index in [0.717, 1.165) is 64.2 Å². The van der Waals surface area contributed by atoms with Crippen LogP contribution in [0.15, 0.2) is 36.5 Å². The number of nitrogens with zero attached hydrogens (tertiary/aromatic N) is 1. The minimum Gasteiger partial charge on any atom is -0.756 e. The van der Waals surface area contributed by atoms with Gasteiger partial charge in [0.15, 0.2) is 0 Å². The number of hydrogen-bond acceptors (Lipinski definition) is 7. The van der Waals surface area contributed by atoms with Gasteiger partial charge >= 0.3 is 5.97 Å². The van der Waals surface area contributed by atoms with Gasteiger partial charge in [-0.3, -0.25) is 14.2 Å². The van der Waals surface area contributed by atoms with Gasteiger partial charge in [-0.1, -0.05) is 257 Å². The average molecular weight is 1080 g/mol. The van der Waals surface area contributed by atoms with Crippen molar-refractivity contribution in [2.24, 2.45) is 0 Å². The molecule has 1 amide bonds. The predicted octanol–water partition coefficient (Wildman–Crippen LogP) is 19.3. The second kappa shape index (κ2) is 55.5. The molecule has 0 fully saturated rings. The third-order valence-corrected chi connectivity index (χ3v) is 15.5. The molecule has 1 N–H and O–H groups in total. The quantitative estimate of drug-likeness (QED) is 0.0212. The third kappa shape index (κ3) is 56.8. The van der Waals surface area contributed by atoms with Crippen LogP contribution in [0.1, 0.15) is 316 Å². The van der Waals surface area contributed by atoms with Crippen molar-refractivity contribution in [1.29, 1.82) is 0 Å². The van der Waals surface area contributed by atoms with Gasteiger partial charge in [-0.15, -0.1) is 0 Å². The highest BCUT2D eigenvalue weighted by atomic mass is 31.2. The molecule has 0 bridgehead atoms. The van der Waals surface area contributed by atoms with Crippen LogP contribution in [0.4, 0.5) is 0 Å². The minimum absolute atomic E-state index is 0.0225. The van der Waals surface area contributed by atoms with Gasteiger partial charge in [0.25, 0.3) is 7.82 Å². The number of rotatable bonds is 59. The topological polar surface area (TPSA) is 114 Å². The Labute approximate surface area is 466 Å². The Morgan fingerprint density at radius 1 is 0.453 bits per heavy atom. The number of unbranched alkanes of at least 4 members (excludes halogenated alkanes) is 39. The summed E-state index contributed by atoms with van der Waals surface area (Å²) in [5, 5.41) is 3.03. The van der Waals surface area contributed by atoms with Crippen molar-refractivity contribution >= 4 is 19.7 Å². The zero-order valence-electron chi connectivity index (χ0n) is 50.5. The fourth-order valence-electron chi connectivity index (χ4n) is 9.51. The number of hydrogen-bond donors (Lipinski definition) is 1. The summed E-state index contributed by atoms with van der Waals surface area (Å²) in [6.45, 7) is 6.86. The van der Waals surface area contributed by atoms with Crippen molar-refractivity contribution in [1.82, 2.24) is 5.32 Å². The van der Waals surface area contributed by atoms with E-state index < -0.39 is 20.0 Å². The normalized spacial score (nSPS) is 13.9. The predicted molar refractivity (Wildman–Crippen MR) is 321 cm³/mol. The monoisotopic (exact) mass is 1080 g/mol. The molecule has 0 aromatic heterocycles. The maximum atomic E-state index is 13.5. The second-order valence-electron chi connectivity index (χ2n) is 23.3. The first-order chi connectivity index (χ1) is 36.4. The van der Waals surface area contributed by atoms with Gasteiger partial charge in [-0.05, 0) is 83.1 Å². The number of carbonyl (C=O) groups is 2. The molecule has 0 aromatic carbocycles. The van der Waals surface area contributed by atoms with Gasteiger partial charge in [-0.25, -0.2) is 0 Å². The number of phosphoric ester groups is 1. The SMILES string of the molecule is CCCCCCCC/C=C\CCCCCC(=O)OC(/C=C\CCCCCCCCCCCCC)C(COP(=O)([O-])OCC[N+](C)(C)C)NC(=O)CCCCCCCCCCCCCCC/C=C/CCCCCCCC. The number of carbonyl (C=O) groups excluding carboxylic acids is 2. The molecule has 0 spiro atoms. The van der Waals surface area contributed by atoms with Crippen LogP contribution in [0.5, 0.6) is 0 Å². The molecule has 3 atom stereocenters. The molecule has 0 saturated carbocycles. The molecule has 442 valence electrons. The van der Waals surface area contributed by atoms with Crippen LogP contribution in [0.25, 0.3) is 0 Å². The molecular formula is C65H125N2O7P. The van der Waals surface area contributed by atoms with Gasteiger partial charge in [0.2, 0.25) is 5.91 Å². The first-order valence-corrected chi connectivity index (χ1v) is 33.8. The van der Waals surface area contributed by atoms with E-state index in [9.17, 15) is 19.0 Å². The zero-order chi connectivity index (χ0) is 55.0. The second-order valence-corrected chi connectivity index (χ2v) is 24.7. The summed E-state index contributed by atoms with van der Waals surface area (Å²) in [5.74, 6) is -0.547. The number of amides is 1. The Balaban J connectivity index is 5.15. The standard InChI is InChI=1S/C65H125N2O7P/c1-7-10-13-16-19-22-25-28-29-30-31-32-33-34-35-36-37-40-42-45-48-51-54-57-64(68)66-62(61-73-75(70,71)72-60-59-67(4,5)6)63(56-53-50-47-44-41-38-26-23-20-17-14-11-8-2)74-65(69)58-55-52-49-46-43-39-27-24-21-18-15-12-9-3/h28-29,39,43,53,56,62-63H,7-27,30-38,40-42,44-52,54-55,57-61H2,1-6H3,(H-,66,68,70,71)/b29-28+,43-39-,56-53-. The molecule has 0 aromatic rings. The third-order valence-electron chi connectivity index (χ3n) is 14.5. The number of esters is 1. The molecule has 0 heterocycles. The number of nitrogens with one attached hydrogen (secondary N) is 1. The van der Waals surface area contributed by atoms with Crippen LogP contribution in [-0.4, -0.2) is 69.4 Å². The summed E-state index contributed by atoms with van der Waals surface area (Å²) >= 11 is 0. The van der Waals surface area contributed by atoms with E-state index in [1.807, 2.05) is 33.3 Å². The highest BCUT2D eigenvalue weighted by Crippen LogP contribution is 2.38. The molecular weight excluding hydrogens is 952 g/mol. The van der Waals surface area contributed by atoms with E-state index in [-0.39, 0.29) is 31.5 Å². The minimum atomic E-state index is -4.70. The van der Waals surface area contributed by atoms with E-state index >= 15 is 0 Å². The first kappa shape index (κ1) is 73.2. The lowest BCUT2D eigenvalue weighted by molar-refractivity contribution is -0.870. The van der Waals surface area contributed by atoms with Crippen molar-refractivity contribution in [2.75, 3.05) is 40.9 Å². The summed E-state index contributed by atoms with van der Waals surface area (Å²) in [7, 11) is 1.19. The summed E-state index contributed by atoms with van der Waals surface area (Å²) in [6, 6.07) is -0.891. The van der Waals surface area contributed by atoms with Crippen molar-refractivity contribution in [2.45, 2.75) is 328 Å². The maximum absolute atomic E-state index is 13.5. The summed E-state index contributed by atoms with van der Waals surface area (Å²) < 4.78 is 30.3. The van der Waals surface area contributed by atoms with Gasteiger partial charge < -0.3 is 28.5 Å². The molecule has 0 aliphatic carbocycles. The molecule has 0 aliphatic rings. The number of likely N-dealkylation sites (N-methyl/N-ethyl adjacent to an activating group) is 1. The van der Waals surface area contributed by atoms with Crippen LogP contribution < -0.4 is 10.2 Å². The molecule has 10 heteroatoms. The average Bonchev–Trinajstić information content (AvgIpc) is 3.37. The maximum Gasteiger partial charge on any atom is 0.306 e. The van der Waals surface area contributed by atoms with E-state index in [0.29, 0.717) is 23.9 Å². The highest BCUT2D eigenvalue weighted by Gasteiger charge is 2.27. The first-order valence-electron chi connectivity index (χ1n) is 32.3. The van der Waals surface area contributed by atoms with Crippen molar-refractivity contribution in [3.05, 3.63) is 36.5 Å². The van der Waals surface area contributed by atoms with Gasteiger partial charge in [0, 0.05) is 12.8 Å². The fourth-order valence-corrected chi connectivity index (χ4v) is 10.2. The zero-order valence-corrected chi connectivity index (χ0v) is 51.4. The van der Waals surface area contributed by atoms with Gasteiger partial charge in [-0.2, -0.15) is 0 Å². The molecule has 0 rings (SSSR count). The van der Waals surface area contributed by atoms with Crippen molar-refractivity contribution < 1.29 is 37.3 Å². The Morgan fingerprint density at radius 3 is 1.15 bits per heavy atom. The van der Waals surface area contributed by atoms with E-state index in [1.165, 1.54) is 212 Å². The van der Waals surface area contributed by atoms with Crippen molar-refractivity contribution in [3.63, 3.8) is 0 Å². The fraction of sp³-hybridized carbons (Fsp3) is 0.877. The Morgan fingerprint density at radius 2 is 0.773 bits per heavy atom. The molecule has 3 unspecified atom stereocenters. The lowest BCUT2D eigenvalue weighted by atomic mass is 10.0. The van der Waals surface area contributed by atoms with Crippen LogP contribution in [0.3, 0.4) is 0 Å². The number of allylic oxidation sites excluding steroid dienone is 5. The van der Waals surface area contributed by atoms with Gasteiger partial charge in [0.1, 0.15) is 19.3 Å². The van der Waals surface area contributed by atoms with Crippen LogP contribution in [-0.2, 0) is 27.9 Å². The van der Waals surface area contributed by atoms with Crippen LogP contribution in [0.2, 0.25) is 0 Å². The van der Waals surface area contributed by atoms with Crippen LogP contribution >= 0.6 is 7.82 Å². The molecule has 9 nitrogen and oxygen atoms in total. The number of phosphoric acid groups is 1. The highest BCUT2D eigenvalue weighted by molar-refractivity contribution is 7.45. The Bertz CT molecular complexity index is 1380. The largest absolute Gasteiger partial charge is 0.756 e. The lowest BCUT2D eigenvalue weighted by Crippen LogP contribution is -2.47. The summed E-state index contributed by atoms with van der Waals surface area (Å²) in [5.41, 5.74) is 0. The molecule has 75 heavy (non-hydrogen) atoms. The van der Waals surface area contributed by atoms with Crippen LogP contribution in [0, 0.1) is 0 Å². The summed E-state index contributed by atoms with van der Waals surface area (Å²) in [4.78, 5) is 40.0. The van der Waals surface area contributed by atoms with E-state index in [4.69, 9.17) is 13.8 Å². The summed E-state index contributed by atoms with van der Waals surface area (Å²) in [6.07, 6.45) is 66.9. The Hall–Kier alpha value is -1.77.